The molecule has 0 amide bonds. The lowest BCUT2D eigenvalue weighted by Crippen LogP contribution is -2.29. The molecule has 108 valence electrons. The van der Waals surface area contributed by atoms with E-state index in [0.29, 0.717) is 18.4 Å². The largest absolute Gasteiger partial charge is 0.375 e. The Bertz CT molecular complexity index is 390. The summed E-state index contributed by atoms with van der Waals surface area (Å²) in [5.41, 5.74) is 0.501. The summed E-state index contributed by atoms with van der Waals surface area (Å²) >= 11 is 5.70. The van der Waals surface area contributed by atoms with Crippen LogP contribution in [0.25, 0.3) is 0 Å². The first-order valence-corrected chi connectivity index (χ1v) is 6.38. The van der Waals surface area contributed by atoms with Gasteiger partial charge in [0.2, 0.25) is 0 Å². The second-order valence-corrected chi connectivity index (χ2v) is 4.56. The van der Waals surface area contributed by atoms with E-state index in [2.05, 4.69) is 5.32 Å². The van der Waals surface area contributed by atoms with Gasteiger partial charge in [0.25, 0.3) is 6.43 Å². The molecule has 1 aromatic carbocycles. The Hall–Kier alpha value is -0.780. The third-order valence-corrected chi connectivity index (χ3v) is 3.05. The molecule has 6 heteroatoms. The van der Waals surface area contributed by atoms with Crippen molar-refractivity contribution in [3.05, 3.63) is 34.6 Å². The number of ether oxygens (including phenoxy) is 1. The van der Waals surface area contributed by atoms with Gasteiger partial charge in [-0.1, -0.05) is 23.7 Å². The minimum atomic E-state index is -2.46. The molecule has 1 rings (SSSR count). The van der Waals surface area contributed by atoms with E-state index in [9.17, 15) is 13.2 Å². The average Bonchev–Trinajstić information content (AvgIpc) is 2.37. The summed E-state index contributed by atoms with van der Waals surface area (Å²) in [6.07, 6.45) is -1.51. The number of hydrogen-bond acceptors (Lipinski definition) is 2. The van der Waals surface area contributed by atoms with Gasteiger partial charge in [0, 0.05) is 12.6 Å². The molecule has 0 aliphatic rings. The van der Waals surface area contributed by atoms with Crippen LogP contribution in [0.2, 0.25) is 5.02 Å². The first-order chi connectivity index (χ1) is 9.04. The van der Waals surface area contributed by atoms with Crippen LogP contribution < -0.4 is 5.32 Å². The smallest absolute Gasteiger partial charge is 0.261 e. The molecular weight excluding hydrogens is 279 g/mol. The van der Waals surface area contributed by atoms with E-state index in [1.54, 1.807) is 19.2 Å². The van der Waals surface area contributed by atoms with Crippen molar-refractivity contribution < 1.29 is 17.9 Å². The van der Waals surface area contributed by atoms with E-state index in [-0.39, 0.29) is 17.7 Å². The van der Waals surface area contributed by atoms with Gasteiger partial charge >= 0.3 is 0 Å². The molecule has 0 saturated heterocycles. The second-order valence-electron chi connectivity index (χ2n) is 4.16. The number of likely N-dealkylation sites (N-methyl/N-ethyl adjacent to an activating group) is 1. The quantitative estimate of drug-likeness (QED) is 0.743. The lowest BCUT2D eigenvalue weighted by molar-refractivity contribution is 0.0146. The molecule has 1 unspecified atom stereocenters. The van der Waals surface area contributed by atoms with Gasteiger partial charge in [-0.15, -0.1) is 0 Å². The highest BCUT2D eigenvalue weighted by molar-refractivity contribution is 6.30. The van der Waals surface area contributed by atoms with Crippen LogP contribution in [-0.2, 0) is 11.2 Å². The molecule has 1 atom stereocenters. The third-order valence-electron chi connectivity index (χ3n) is 2.76. The summed E-state index contributed by atoms with van der Waals surface area (Å²) in [7, 11) is 1.74. The van der Waals surface area contributed by atoms with E-state index in [4.69, 9.17) is 16.3 Å². The first-order valence-electron chi connectivity index (χ1n) is 6.00. The number of nitrogens with one attached hydrogen (secondary N) is 1. The summed E-state index contributed by atoms with van der Waals surface area (Å²) in [4.78, 5) is 0. The van der Waals surface area contributed by atoms with Crippen LogP contribution in [0.5, 0.6) is 0 Å². The Morgan fingerprint density at radius 2 is 2.11 bits per heavy atom. The zero-order valence-corrected chi connectivity index (χ0v) is 11.4. The predicted octanol–water partition coefficient (Wildman–Crippen LogP) is 3.28. The fourth-order valence-corrected chi connectivity index (χ4v) is 1.91. The van der Waals surface area contributed by atoms with Gasteiger partial charge in [0.15, 0.2) is 0 Å². The number of rotatable bonds is 8. The summed E-state index contributed by atoms with van der Waals surface area (Å²) in [5, 5.41) is 3.09. The Morgan fingerprint density at radius 3 is 2.74 bits per heavy atom. The van der Waals surface area contributed by atoms with Crippen molar-refractivity contribution in [1.29, 1.82) is 0 Å². The van der Waals surface area contributed by atoms with Gasteiger partial charge in [-0.2, -0.15) is 0 Å². The fourth-order valence-electron chi connectivity index (χ4n) is 1.72. The van der Waals surface area contributed by atoms with Crippen LogP contribution in [0, 0.1) is 5.82 Å². The maximum atomic E-state index is 13.7. The van der Waals surface area contributed by atoms with Crippen LogP contribution in [0.1, 0.15) is 12.0 Å². The molecule has 19 heavy (non-hydrogen) atoms. The predicted molar refractivity (Wildman–Crippen MR) is 69.4 cm³/mol. The Labute approximate surface area is 115 Å². The normalized spacial score (nSPS) is 12.9. The fraction of sp³-hybridized carbons (Fsp3) is 0.538. The van der Waals surface area contributed by atoms with Gasteiger partial charge in [-0.3, -0.25) is 0 Å². The van der Waals surface area contributed by atoms with Crippen LogP contribution >= 0.6 is 11.6 Å². The molecule has 1 N–H and O–H groups in total. The first kappa shape index (κ1) is 16.3. The van der Waals surface area contributed by atoms with Crippen molar-refractivity contribution in [2.45, 2.75) is 25.3 Å². The van der Waals surface area contributed by atoms with Gasteiger partial charge in [-0.05, 0) is 31.5 Å². The molecule has 0 aliphatic carbocycles. The summed E-state index contributed by atoms with van der Waals surface area (Å²) in [6, 6.07) is 4.78. The summed E-state index contributed by atoms with van der Waals surface area (Å²) < 4.78 is 42.3. The molecule has 1 aromatic rings. The number of halogens is 4. The summed E-state index contributed by atoms with van der Waals surface area (Å²) in [5.74, 6) is -0.432. The van der Waals surface area contributed by atoms with E-state index in [1.165, 1.54) is 6.07 Å². The highest BCUT2D eigenvalue weighted by Gasteiger charge is 2.13. The van der Waals surface area contributed by atoms with E-state index < -0.39 is 18.8 Å². The van der Waals surface area contributed by atoms with Crippen LogP contribution in [0.3, 0.4) is 0 Å². The molecular formula is C13H17ClF3NO. The van der Waals surface area contributed by atoms with Crippen molar-refractivity contribution in [3.8, 4) is 0 Å². The molecule has 0 saturated carbocycles. The van der Waals surface area contributed by atoms with Crippen molar-refractivity contribution >= 4 is 11.6 Å². The number of alkyl halides is 2. The van der Waals surface area contributed by atoms with Gasteiger partial charge in [0.1, 0.15) is 12.4 Å². The lowest BCUT2D eigenvalue weighted by atomic mass is 10.0. The Morgan fingerprint density at radius 1 is 1.37 bits per heavy atom. The SMILES string of the molecule is CNC(CCOCC(F)F)Cc1cccc(Cl)c1F. The van der Waals surface area contributed by atoms with Gasteiger partial charge < -0.3 is 10.1 Å². The maximum Gasteiger partial charge on any atom is 0.261 e. The van der Waals surface area contributed by atoms with Gasteiger partial charge in [-0.25, -0.2) is 13.2 Å². The molecule has 2 nitrogen and oxygen atoms in total. The average molecular weight is 296 g/mol. The Balaban J connectivity index is 2.45. The standard InChI is InChI=1S/C13H17ClF3NO/c1-18-10(5-6-19-8-12(15)16)7-9-3-2-4-11(14)13(9)17/h2-4,10,12,18H,5-8H2,1H3. The molecule has 0 spiro atoms. The Kier molecular flexibility index (Phi) is 7.20. The topological polar surface area (TPSA) is 21.3 Å². The van der Waals surface area contributed by atoms with Crippen LogP contribution in [-0.4, -0.2) is 32.7 Å². The maximum absolute atomic E-state index is 13.7. The molecule has 0 aliphatic heterocycles. The van der Waals surface area contributed by atoms with Crippen LogP contribution in [0.4, 0.5) is 13.2 Å². The van der Waals surface area contributed by atoms with Crippen LogP contribution in [0.15, 0.2) is 18.2 Å². The molecule has 0 heterocycles. The lowest BCUT2D eigenvalue weighted by Gasteiger charge is -2.17. The number of hydrogen-bond donors (Lipinski definition) is 1. The molecule has 0 fully saturated rings. The highest BCUT2D eigenvalue weighted by Crippen LogP contribution is 2.19. The molecule has 0 bridgehead atoms. The summed E-state index contributed by atoms with van der Waals surface area (Å²) in [6.45, 7) is -0.361. The highest BCUT2D eigenvalue weighted by atomic mass is 35.5. The van der Waals surface area contributed by atoms with Crippen molar-refractivity contribution in [2.75, 3.05) is 20.3 Å². The third kappa shape index (κ3) is 5.80. The van der Waals surface area contributed by atoms with Crippen molar-refractivity contribution in [2.24, 2.45) is 0 Å². The minimum Gasteiger partial charge on any atom is -0.375 e. The van der Waals surface area contributed by atoms with Gasteiger partial charge in [0.05, 0.1) is 5.02 Å². The zero-order chi connectivity index (χ0) is 14.3. The number of benzene rings is 1. The molecule has 0 aromatic heterocycles. The molecule has 0 radical (unpaired) electrons. The van der Waals surface area contributed by atoms with Crippen molar-refractivity contribution in [3.63, 3.8) is 0 Å². The van der Waals surface area contributed by atoms with E-state index in [0.717, 1.165) is 0 Å². The van der Waals surface area contributed by atoms with E-state index in [1.807, 2.05) is 0 Å². The van der Waals surface area contributed by atoms with Crippen molar-refractivity contribution in [1.82, 2.24) is 5.32 Å². The zero-order valence-electron chi connectivity index (χ0n) is 10.6. The second kappa shape index (κ2) is 8.40. The monoisotopic (exact) mass is 295 g/mol. The minimum absolute atomic E-state index is 0.0503. The van der Waals surface area contributed by atoms with E-state index >= 15 is 0 Å².